The van der Waals surface area contributed by atoms with E-state index in [1.54, 1.807) is 18.1 Å². The van der Waals surface area contributed by atoms with Crippen molar-refractivity contribution in [2.24, 2.45) is 0 Å². The standard InChI is InChI=1S/C14H18ClNO3/c1-10-3-4-11(7-13(10)18-2)14(17)16-5-6-19-9-12(16)8-15/h3-4,7,12H,5-6,8-9H2,1-2H3. The molecule has 1 amide bonds. The smallest absolute Gasteiger partial charge is 0.254 e. The van der Waals surface area contributed by atoms with Crippen LogP contribution in [0.2, 0.25) is 0 Å². The summed E-state index contributed by atoms with van der Waals surface area (Å²) in [5.74, 6) is 1.09. The van der Waals surface area contributed by atoms with Gasteiger partial charge in [0, 0.05) is 18.0 Å². The van der Waals surface area contributed by atoms with Crippen LogP contribution in [-0.2, 0) is 4.74 Å². The molecule has 1 aliphatic heterocycles. The minimum Gasteiger partial charge on any atom is -0.496 e. The molecular formula is C14H18ClNO3. The maximum Gasteiger partial charge on any atom is 0.254 e. The van der Waals surface area contributed by atoms with Gasteiger partial charge in [-0.05, 0) is 24.6 Å². The highest BCUT2D eigenvalue weighted by Crippen LogP contribution is 2.21. The molecule has 1 saturated heterocycles. The number of hydrogen-bond acceptors (Lipinski definition) is 3. The predicted octanol–water partition coefficient (Wildman–Crippen LogP) is 2.08. The Kier molecular flexibility index (Phi) is 4.66. The van der Waals surface area contributed by atoms with Gasteiger partial charge in [0.05, 0.1) is 26.4 Å². The Bertz CT molecular complexity index is 464. The Morgan fingerprint density at radius 2 is 2.37 bits per heavy atom. The first-order chi connectivity index (χ1) is 9.17. The molecule has 1 unspecified atom stereocenters. The van der Waals surface area contributed by atoms with Crippen molar-refractivity contribution in [1.29, 1.82) is 0 Å². The average molecular weight is 284 g/mol. The molecule has 1 aromatic rings. The van der Waals surface area contributed by atoms with Gasteiger partial charge in [0.2, 0.25) is 0 Å². The fourth-order valence-corrected chi connectivity index (χ4v) is 2.42. The zero-order valence-corrected chi connectivity index (χ0v) is 11.9. The van der Waals surface area contributed by atoms with Crippen molar-refractivity contribution >= 4 is 17.5 Å². The van der Waals surface area contributed by atoms with Crippen molar-refractivity contribution < 1.29 is 14.3 Å². The summed E-state index contributed by atoms with van der Waals surface area (Å²) in [6, 6.07) is 5.43. The molecule has 1 atom stereocenters. The number of rotatable bonds is 3. The van der Waals surface area contributed by atoms with Crippen LogP contribution in [0.25, 0.3) is 0 Å². The number of nitrogens with zero attached hydrogens (tertiary/aromatic N) is 1. The first kappa shape index (κ1) is 14.2. The van der Waals surface area contributed by atoms with E-state index in [1.807, 2.05) is 19.1 Å². The minimum atomic E-state index is -0.0600. The third kappa shape index (κ3) is 3.01. The molecule has 0 aliphatic carbocycles. The lowest BCUT2D eigenvalue weighted by atomic mass is 10.1. The first-order valence-corrected chi connectivity index (χ1v) is 6.80. The van der Waals surface area contributed by atoms with E-state index in [0.29, 0.717) is 31.2 Å². The van der Waals surface area contributed by atoms with Crippen molar-refractivity contribution in [2.75, 3.05) is 32.7 Å². The number of benzene rings is 1. The third-order valence-electron chi connectivity index (χ3n) is 3.32. The molecule has 0 saturated carbocycles. The lowest BCUT2D eigenvalue weighted by Gasteiger charge is -2.34. The fourth-order valence-electron chi connectivity index (χ4n) is 2.17. The Morgan fingerprint density at radius 1 is 1.58 bits per heavy atom. The number of alkyl halides is 1. The molecule has 0 bridgehead atoms. The zero-order chi connectivity index (χ0) is 13.8. The lowest BCUT2D eigenvalue weighted by Crippen LogP contribution is -2.49. The Hall–Kier alpha value is -1.26. The molecule has 2 rings (SSSR count). The van der Waals surface area contributed by atoms with E-state index in [2.05, 4.69) is 0 Å². The van der Waals surface area contributed by atoms with Crippen LogP contribution in [-0.4, -0.2) is 49.6 Å². The van der Waals surface area contributed by atoms with Crippen LogP contribution in [0.5, 0.6) is 5.75 Å². The number of halogens is 1. The summed E-state index contributed by atoms with van der Waals surface area (Å²) < 4.78 is 10.6. The van der Waals surface area contributed by atoms with Gasteiger partial charge in [0.25, 0.3) is 5.91 Å². The predicted molar refractivity (Wildman–Crippen MR) is 74.1 cm³/mol. The molecule has 4 nitrogen and oxygen atoms in total. The van der Waals surface area contributed by atoms with Gasteiger partial charge in [-0.15, -0.1) is 11.6 Å². The quantitative estimate of drug-likeness (QED) is 0.798. The van der Waals surface area contributed by atoms with Crippen LogP contribution >= 0.6 is 11.6 Å². The second-order valence-electron chi connectivity index (χ2n) is 4.57. The Morgan fingerprint density at radius 3 is 3.05 bits per heavy atom. The van der Waals surface area contributed by atoms with Gasteiger partial charge >= 0.3 is 0 Å². The van der Waals surface area contributed by atoms with Crippen molar-refractivity contribution in [3.8, 4) is 5.75 Å². The lowest BCUT2D eigenvalue weighted by molar-refractivity contribution is 0.00455. The molecule has 1 heterocycles. The van der Waals surface area contributed by atoms with Crippen LogP contribution in [0, 0.1) is 6.92 Å². The number of carbonyl (C=O) groups is 1. The second kappa shape index (κ2) is 6.26. The summed E-state index contributed by atoms with van der Waals surface area (Å²) in [5, 5.41) is 0. The number of hydrogen-bond donors (Lipinski definition) is 0. The third-order valence-corrected chi connectivity index (χ3v) is 3.68. The van der Waals surface area contributed by atoms with Crippen molar-refractivity contribution in [2.45, 2.75) is 13.0 Å². The molecule has 0 radical (unpaired) electrons. The van der Waals surface area contributed by atoms with Crippen LogP contribution < -0.4 is 4.74 Å². The maximum atomic E-state index is 12.5. The van der Waals surface area contributed by atoms with Crippen molar-refractivity contribution in [3.05, 3.63) is 29.3 Å². The molecule has 1 aliphatic rings. The fraction of sp³-hybridized carbons (Fsp3) is 0.500. The molecule has 1 fully saturated rings. The van der Waals surface area contributed by atoms with E-state index in [4.69, 9.17) is 21.1 Å². The zero-order valence-electron chi connectivity index (χ0n) is 11.2. The maximum absolute atomic E-state index is 12.5. The van der Waals surface area contributed by atoms with Crippen molar-refractivity contribution in [1.82, 2.24) is 4.90 Å². The Balaban J connectivity index is 2.22. The summed E-state index contributed by atoms with van der Waals surface area (Å²) in [4.78, 5) is 14.3. The summed E-state index contributed by atoms with van der Waals surface area (Å²) in [7, 11) is 1.60. The van der Waals surface area contributed by atoms with Gasteiger partial charge in [-0.1, -0.05) is 6.07 Å². The van der Waals surface area contributed by atoms with E-state index in [1.165, 1.54) is 0 Å². The van der Waals surface area contributed by atoms with Gasteiger partial charge in [0.15, 0.2) is 0 Å². The number of methoxy groups -OCH3 is 1. The topological polar surface area (TPSA) is 38.8 Å². The SMILES string of the molecule is COc1cc(C(=O)N2CCOCC2CCl)ccc1C. The number of amides is 1. The molecule has 104 valence electrons. The minimum absolute atomic E-state index is 0.0211. The summed E-state index contributed by atoms with van der Waals surface area (Å²) in [6.07, 6.45) is 0. The first-order valence-electron chi connectivity index (χ1n) is 6.26. The molecular weight excluding hydrogens is 266 g/mol. The number of aryl methyl sites for hydroxylation is 1. The van der Waals surface area contributed by atoms with E-state index >= 15 is 0 Å². The largest absolute Gasteiger partial charge is 0.496 e. The second-order valence-corrected chi connectivity index (χ2v) is 4.87. The van der Waals surface area contributed by atoms with Gasteiger partial charge in [-0.3, -0.25) is 4.79 Å². The molecule has 0 aromatic heterocycles. The molecule has 5 heteroatoms. The normalized spacial score (nSPS) is 19.3. The van der Waals surface area contributed by atoms with E-state index in [0.717, 1.165) is 11.3 Å². The number of morpholine rings is 1. The highest BCUT2D eigenvalue weighted by atomic mass is 35.5. The Labute approximate surface area is 118 Å². The molecule has 19 heavy (non-hydrogen) atoms. The van der Waals surface area contributed by atoms with Crippen molar-refractivity contribution in [3.63, 3.8) is 0 Å². The number of ether oxygens (including phenoxy) is 2. The van der Waals surface area contributed by atoms with Crippen LogP contribution in [0.3, 0.4) is 0 Å². The van der Waals surface area contributed by atoms with E-state index in [-0.39, 0.29) is 11.9 Å². The van der Waals surface area contributed by atoms with Gasteiger partial charge in [0.1, 0.15) is 5.75 Å². The van der Waals surface area contributed by atoms with Gasteiger partial charge < -0.3 is 14.4 Å². The van der Waals surface area contributed by atoms with E-state index in [9.17, 15) is 4.79 Å². The van der Waals surface area contributed by atoms with Crippen LogP contribution in [0.1, 0.15) is 15.9 Å². The van der Waals surface area contributed by atoms with Gasteiger partial charge in [-0.2, -0.15) is 0 Å². The number of carbonyl (C=O) groups excluding carboxylic acids is 1. The molecule has 1 aromatic carbocycles. The average Bonchev–Trinajstić information content (AvgIpc) is 2.47. The monoisotopic (exact) mass is 283 g/mol. The summed E-state index contributed by atoms with van der Waals surface area (Å²) in [5.41, 5.74) is 1.63. The van der Waals surface area contributed by atoms with Crippen LogP contribution in [0.4, 0.5) is 0 Å². The van der Waals surface area contributed by atoms with E-state index < -0.39 is 0 Å². The van der Waals surface area contributed by atoms with Gasteiger partial charge in [-0.25, -0.2) is 0 Å². The molecule has 0 N–H and O–H groups in total. The summed E-state index contributed by atoms with van der Waals surface area (Å²) >= 11 is 5.89. The highest BCUT2D eigenvalue weighted by Gasteiger charge is 2.27. The van der Waals surface area contributed by atoms with Crippen LogP contribution in [0.15, 0.2) is 18.2 Å². The molecule has 0 spiro atoms. The summed E-state index contributed by atoms with van der Waals surface area (Å²) in [6.45, 7) is 3.58. The highest BCUT2D eigenvalue weighted by molar-refractivity contribution is 6.18.